The van der Waals surface area contributed by atoms with Gasteiger partial charge < -0.3 is 14.2 Å². The van der Waals surface area contributed by atoms with Crippen molar-refractivity contribution in [1.29, 1.82) is 0 Å². The average Bonchev–Trinajstić information content (AvgIpc) is 2.79. The monoisotopic (exact) mass is 586 g/mol. The van der Waals surface area contributed by atoms with Crippen LogP contribution in [0.4, 0.5) is 5.69 Å². The lowest BCUT2D eigenvalue weighted by Crippen LogP contribution is -2.54. The third-order valence-corrected chi connectivity index (χ3v) is 6.29. The molecule has 34 heavy (non-hydrogen) atoms. The number of ether oxygens (including phenoxy) is 3. The molecule has 0 bridgehead atoms. The third kappa shape index (κ3) is 5.52. The van der Waals surface area contributed by atoms with E-state index in [9.17, 15) is 14.4 Å². The predicted octanol–water partition coefficient (Wildman–Crippen LogP) is 4.54. The standard InChI is InChI=1S/C22H17BrCl2N2O6S/c1-3-32-18(28)10-33-17-9-13(23)11(8-16(17)31-2)7-12-20(29)26-22(34)27(21(12)30)15-6-4-5-14(24)19(15)25/h4-9H,3,10H2,1-2H3,(H,26,29,34)/b12-7+. The van der Waals surface area contributed by atoms with Gasteiger partial charge in [0.05, 0.1) is 29.4 Å². The Balaban J connectivity index is 1.98. The van der Waals surface area contributed by atoms with Crippen molar-refractivity contribution < 1.29 is 28.6 Å². The molecule has 0 spiro atoms. The summed E-state index contributed by atoms with van der Waals surface area (Å²) >= 11 is 20.9. The van der Waals surface area contributed by atoms with Gasteiger partial charge in [0.2, 0.25) is 0 Å². The van der Waals surface area contributed by atoms with Crippen molar-refractivity contribution in [2.45, 2.75) is 6.92 Å². The van der Waals surface area contributed by atoms with Crippen LogP contribution < -0.4 is 19.7 Å². The van der Waals surface area contributed by atoms with Gasteiger partial charge in [0, 0.05) is 4.47 Å². The van der Waals surface area contributed by atoms with Gasteiger partial charge in [-0.1, -0.05) is 45.2 Å². The molecule has 1 saturated heterocycles. The highest BCUT2D eigenvalue weighted by Crippen LogP contribution is 2.37. The zero-order chi connectivity index (χ0) is 25.0. The Labute approximate surface area is 218 Å². The number of hydrogen-bond donors (Lipinski definition) is 1. The summed E-state index contributed by atoms with van der Waals surface area (Å²) < 4.78 is 16.1. The van der Waals surface area contributed by atoms with Gasteiger partial charge in [-0.15, -0.1) is 0 Å². The second-order valence-electron chi connectivity index (χ2n) is 6.65. The van der Waals surface area contributed by atoms with Crippen molar-refractivity contribution >= 4 is 86.0 Å². The van der Waals surface area contributed by atoms with Crippen molar-refractivity contribution in [1.82, 2.24) is 5.32 Å². The normalized spacial score (nSPS) is 14.8. The minimum absolute atomic E-state index is 0.112. The lowest BCUT2D eigenvalue weighted by atomic mass is 10.1. The van der Waals surface area contributed by atoms with Crippen LogP contribution in [0.2, 0.25) is 10.0 Å². The van der Waals surface area contributed by atoms with E-state index in [1.54, 1.807) is 37.3 Å². The SMILES string of the molecule is CCOC(=O)COc1cc(Br)c(/C=C2\C(=O)NC(=S)N(c3cccc(Cl)c3Cl)C2=O)cc1OC. The molecule has 2 amide bonds. The Morgan fingerprint density at radius 2 is 1.97 bits per heavy atom. The number of thiocarbonyl (C=S) groups is 1. The van der Waals surface area contributed by atoms with Gasteiger partial charge in [-0.3, -0.25) is 19.8 Å². The summed E-state index contributed by atoms with van der Waals surface area (Å²) in [5.74, 6) is -1.37. The number of benzene rings is 2. The lowest BCUT2D eigenvalue weighted by Gasteiger charge is -2.29. The van der Waals surface area contributed by atoms with Crippen LogP contribution in [0.5, 0.6) is 11.5 Å². The number of amides is 2. The van der Waals surface area contributed by atoms with Crippen LogP contribution in [-0.4, -0.2) is 43.2 Å². The number of nitrogens with one attached hydrogen (secondary N) is 1. The Hall–Kier alpha value is -2.66. The van der Waals surface area contributed by atoms with E-state index >= 15 is 0 Å². The van der Waals surface area contributed by atoms with Crippen molar-refractivity contribution in [3.05, 3.63) is 56.0 Å². The Kier molecular flexibility index (Phi) is 8.53. The molecule has 0 aliphatic carbocycles. The highest BCUT2D eigenvalue weighted by Gasteiger charge is 2.36. The highest BCUT2D eigenvalue weighted by atomic mass is 79.9. The summed E-state index contributed by atoms with van der Waals surface area (Å²) in [6, 6.07) is 7.82. The Bertz CT molecular complexity index is 1220. The maximum Gasteiger partial charge on any atom is 0.344 e. The van der Waals surface area contributed by atoms with Crippen molar-refractivity contribution in [3.63, 3.8) is 0 Å². The van der Waals surface area contributed by atoms with E-state index in [-0.39, 0.29) is 51.1 Å². The zero-order valence-corrected chi connectivity index (χ0v) is 21.7. The molecular weight excluding hydrogens is 571 g/mol. The number of methoxy groups -OCH3 is 1. The van der Waals surface area contributed by atoms with Gasteiger partial charge in [-0.05, 0) is 55.0 Å². The second kappa shape index (κ2) is 11.2. The minimum atomic E-state index is -0.688. The van der Waals surface area contributed by atoms with E-state index < -0.39 is 17.8 Å². The quantitative estimate of drug-likeness (QED) is 0.220. The molecule has 0 aromatic heterocycles. The number of halogens is 3. The van der Waals surface area contributed by atoms with Crippen LogP contribution >= 0.6 is 51.3 Å². The molecule has 8 nitrogen and oxygen atoms in total. The van der Waals surface area contributed by atoms with Crippen molar-refractivity contribution in [2.75, 3.05) is 25.2 Å². The number of hydrogen-bond acceptors (Lipinski definition) is 7. The summed E-state index contributed by atoms with van der Waals surface area (Å²) in [6.45, 7) is 1.60. The molecule has 1 aliphatic heterocycles. The van der Waals surface area contributed by atoms with Gasteiger partial charge in [0.15, 0.2) is 23.2 Å². The zero-order valence-electron chi connectivity index (χ0n) is 17.8. The van der Waals surface area contributed by atoms with Crippen LogP contribution in [0.25, 0.3) is 6.08 Å². The molecule has 0 saturated carbocycles. The fourth-order valence-electron chi connectivity index (χ4n) is 2.97. The van der Waals surface area contributed by atoms with Crippen molar-refractivity contribution in [2.24, 2.45) is 0 Å². The molecule has 3 rings (SSSR count). The minimum Gasteiger partial charge on any atom is -0.493 e. The van der Waals surface area contributed by atoms with E-state index in [2.05, 4.69) is 21.2 Å². The summed E-state index contributed by atoms with van der Waals surface area (Å²) in [5.41, 5.74) is 0.464. The Morgan fingerprint density at radius 3 is 2.65 bits per heavy atom. The van der Waals surface area contributed by atoms with Gasteiger partial charge in [0.1, 0.15) is 5.57 Å². The average molecular weight is 588 g/mol. The molecule has 0 radical (unpaired) electrons. The molecule has 0 atom stereocenters. The Morgan fingerprint density at radius 1 is 1.24 bits per heavy atom. The van der Waals surface area contributed by atoms with Crippen LogP contribution in [0, 0.1) is 0 Å². The first kappa shape index (κ1) is 26.0. The summed E-state index contributed by atoms with van der Waals surface area (Å²) in [6.07, 6.45) is 1.37. The molecule has 0 unspecified atom stereocenters. The molecule has 1 fully saturated rings. The molecule has 2 aromatic rings. The van der Waals surface area contributed by atoms with Crippen LogP contribution in [-0.2, 0) is 19.1 Å². The maximum atomic E-state index is 13.3. The third-order valence-electron chi connectivity index (χ3n) is 4.51. The van der Waals surface area contributed by atoms with Gasteiger partial charge >= 0.3 is 5.97 Å². The number of carbonyl (C=O) groups is 3. The largest absolute Gasteiger partial charge is 0.493 e. The smallest absolute Gasteiger partial charge is 0.344 e. The number of nitrogens with zero attached hydrogens (tertiary/aromatic N) is 1. The highest BCUT2D eigenvalue weighted by molar-refractivity contribution is 9.10. The predicted molar refractivity (Wildman–Crippen MR) is 135 cm³/mol. The maximum absolute atomic E-state index is 13.3. The summed E-state index contributed by atoms with van der Waals surface area (Å²) in [4.78, 5) is 38.6. The molecule has 1 N–H and O–H groups in total. The van der Waals surface area contributed by atoms with E-state index in [1.165, 1.54) is 13.2 Å². The number of esters is 1. The number of carbonyl (C=O) groups excluding carboxylic acids is 3. The molecule has 1 aliphatic rings. The molecule has 12 heteroatoms. The second-order valence-corrected chi connectivity index (χ2v) is 8.68. The van der Waals surface area contributed by atoms with Crippen LogP contribution in [0.1, 0.15) is 12.5 Å². The van der Waals surface area contributed by atoms with E-state index in [0.29, 0.717) is 10.0 Å². The fraction of sp³-hybridized carbons (Fsp3) is 0.182. The fourth-order valence-corrected chi connectivity index (χ4v) is 4.06. The van der Waals surface area contributed by atoms with Crippen LogP contribution in [0.15, 0.2) is 40.4 Å². The van der Waals surface area contributed by atoms with E-state index in [1.807, 2.05) is 0 Å². The first-order valence-corrected chi connectivity index (χ1v) is 11.6. The summed E-state index contributed by atoms with van der Waals surface area (Å²) in [7, 11) is 1.41. The number of rotatable bonds is 7. The first-order chi connectivity index (χ1) is 16.2. The van der Waals surface area contributed by atoms with Crippen LogP contribution in [0.3, 0.4) is 0 Å². The first-order valence-electron chi connectivity index (χ1n) is 9.69. The molecule has 2 aromatic carbocycles. The topological polar surface area (TPSA) is 94.2 Å². The molecular formula is C22H17BrCl2N2O6S. The van der Waals surface area contributed by atoms with Gasteiger partial charge in [-0.2, -0.15) is 0 Å². The van der Waals surface area contributed by atoms with E-state index in [4.69, 9.17) is 49.6 Å². The molecule has 178 valence electrons. The van der Waals surface area contributed by atoms with Gasteiger partial charge in [-0.25, -0.2) is 4.79 Å². The van der Waals surface area contributed by atoms with E-state index in [0.717, 1.165) is 4.90 Å². The van der Waals surface area contributed by atoms with Gasteiger partial charge in [0.25, 0.3) is 11.8 Å². The lowest BCUT2D eigenvalue weighted by molar-refractivity contribution is -0.145. The molecule has 1 heterocycles. The summed E-state index contributed by atoms with van der Waals surface area (Å²) in [5, 5.41) is 2.69. The van der Waals surface area contributed by atoms with Crippen molar-refractivity contribution in [3.8, 4) is 11.5 Å². The number of anilines is 1.